The van der Waals surface area contributed by atoms with Crippen LogP contribution < -0.4 is 10.2 Å². The highest BCUT2D eigenvalue weighted by atomic mass is 16.5. The van der Waals surface area contributed by atoms with E-state index in [1.54, 1.807) is 12.1 Å². The van der Waals surface area contributed by atoms with Gasteiger partial charge in [0.15, 0.2) is 6.61 Å². The predicted octanol–water partition coefficient (Wildman–Crippen LogP) is 4.53. The maximum absolute atomic E-state index is 12.9. The van der Waals surface area contributed by atoms with E-state index in [4.69, 9.17) is 4.74 Å². The molecule has 184 valence electrons. The number of aryl methyl sites for hydroxylation is 2. The quantitative estimate of drug-likeness (QED) is 0.468. The summed E-state index contributed by atoms with van der Waals surface area (Å²) in [5.41, 5.74) is 3.53. The summed E-state index contributed by atoms with van der Waals surface area (Å²) in [4.78, 5) is 52.0. The third-order valence-corrected chi connectivity index (χ3v) is 7.15. The third kappa shape index (κ3) is 4.99. The van der Waals surface area contributed by atoms with E-state index in [0.717, 1.165) is 48.9 Å². The Hall–Kier alpha value is -3.48. The van der Waals surface area contributed by atoms with Crippen LogP contribution in [0.15, 0.2) is 42.5 Å². The van der Waals surface area contributed by atoms with Crippen LogP contribution in [-0.2, 0) is 32.0 Å². The van der Waals surface area contributed by atoms with Crippen molar-refractivity contribution in [3.05, 3.63) is 59.2 Å². The minimum atomic E-state index is -0.646. The van der Waals surface area contributed by atoms with Gasteiger partial charge in [-0.25, -0.2) is 4.79 Å². The minimum absolute atomic E-state index is 0.155. The summed E-state index contributed by atoms with van der Waals surface area (Å²) in [6, 6.07) is 12.1. The molecule has 0 bridgehead atoms. The normalized spacial score (nSPS) is 21.6. The fraction of sp³-hybridized carbons (Fsp3) is 0.429. The number of amides is 3. The second-order valence-corrected chi connectivity index (χ2v) is 9.47. The monoisotopic (exact) mass is 476 g/mol. The first-order chi connectivity index (χ1) is 16.8. The van der Waals surface area contributed by atoms with Crippen molar-refractivity contribution >= 4 is 35.1 Å². The van der Waals surface area contributed by atoms with Crippen molar-refractivity contribution in [1.82, 2.24) is 0 Å². The van der Waals surface area contributed by atoms with Crippen LogP contribution in [0.5, 0.6) is 0 Å². The Labute approximate surface area is 205 Å². The summed E-state index contributed by atoms with van der Waals surface area (Å²) in [6.45, 7) is 5.74. The molecule has 0 aromatic heterocycles. The van der Waals surface area contributed by atoms with Crippen LogP contribution in [0.1, 0.15) is 61.5 Å². The Balaban J connectivity index is 1.37. The highest BCUT2D eigenvalue weighted by molar-refractivity contribution is 6.22. The third-order valence-electron chi connectivity index (χ3n) is 7.15. The van der Waals surface area contributed by atoms with Gasteiger partial charge >= 0.3 is 5.97 Å². The van der Waals surface area contributed by atoms with Crippen LogP contribution in [-0.4, -0.2) is 30.3 Å². The molecule has 7 nitrogen and oxygen atoms in total. The lowest BCUT2D eigenvalue weighted by Gasteiger charge is -2.25. The average Bonchev–Trinajstić information content (AvgIpc) is 3.11. The smallest absolute Gasteiger partial charge is 0.338 e. The van der Waals surface area contributed by atoms with Crippen LogP contribution in [0.2, 0.25) is 0 Å². The van der Waals surface area contributed by atoms with Gasteiger partial charge in [-0.2, -0.15) is 0 Å². The van der Waals surface area contributed by atoms with E-state index in [1.807, 2.05) is 32.0 Å². The molecule has 2 aromatic rings. The van der Waals surface area contributed by atoms with Crippen LogP contribution in [0.4, 0.5) is 11.4 Å². The zero-order chi connectivity index (χ0) is 25.1. The molecule has 0 unspecified atom stereocenters. The molecule has 4 rings (SSSR count). The van der Waals surface area contributed by atoms with Crippen molar-refractivity contribution < 1.29 is 23.9 Å². The number of imide groups is 1. The van der Waals surface area contributed by atoms with Gasteiger partial charge in [0.25, 0.3) is 5.91 Å². The number of para-hydroxylation sites is 1. The summed E-state index contributed by atoms with van der Waals surface area (Å²) < 4.78 is 5.21. The fourth-order valence-corrected chi connectivity index (χ4v) is 5.18. The number of nitrogens with zero attached hydrogens (tertiary/aromatic N) is 1. The topological polar surface area (TPSA) is 92.8 Å². The molecule has 1 aliphatic heterocycles. The largest absolute Gasteiger partial charge is 0.452 e. The molecular weight excluding hydrogens is 444 g/mol. The van der Waals surface area contributed by atoms with Crippen molar-refractivity contribution in [3.8, 4) is 0 Å². The summed E-state index contributed by atoms with van der Waals surface area (Å²) in [5, 5.41) is 2.87. The first-order valence-corrected chi connectivity index (χ1v) is 12.4. The van der Waals surface area contributed by atoms with Gasteiger partial charge in [-0.3, -0.25) is 19.3 Å². The number of rotatable bonds is 7. The highest BCUT2D eigenvalue weighted by Crippen LogP contribution is 2.42. The molecule has 0 radical (unpaired) electrons. The van der Waals surface area contributed by atoms with Gasteiger partial charge in [-0.1, -0.05) is 39.0 Å². The Bertz CT molecular complexity index is 1120. The fourth-order valence-electron chi connectivity index (χ4n) is 5.18. The molecule has 2 fully saturated rings. The van der Waals surface area contributed by atoms with Crippen molar-refractivity contribution in [3.63, 3.8) is 0 Å². The Morgan fingerprint density at radius 3 is 2.20 bits per heavy atom. The van der Waals surface area contributed by atoms with Gasteiger partial charge in [0, 0.05) is 5.69 Å². The first-order valence-electron chi connectivity index (χ1n) is 12.4. The highest BCUT2D eigenvalue weighted by Gasteiger charge is 2.49. The van der Waals surface area contributed by atoms with E-state index in [9.17, 15) is 19.2 Å². The molecule has 1 saturated carbocycles. The van der Waals surface area contributed by atoms with Crippen molar-refractivity contribution in [2.75, 3.05) is 16.8 Å². The van der Waals surface area contributed by atoms with Crippen LogP contribution in [0, 0.1) is 17.8 Å². The molecule has 1 heterocycles. The van der Waals surface area contributed by atoms with E-state index in [-0.39, 0.29) is 29.2 Å². The van der Waals surface area contributed by atoms with Gasteiger partial charge in [-0.15, -0.1) is 0 Å². The molecule has 1 N–H and O–H groups in total. The molecule has 3 amide bonds. The van der Waals surface area contributed by atoms with Crippen molar-refractivity contribution in [2.45, 2.75) is 52.9 Å². The number of benzene rings is 2. The molecule has 1 saturated heterocycles. The lowest BCUT2D eigenvalue weighted by Crippen LogP contribution is -2.30. The first kappa shape index (κ1) is 24.6. The standard InChI is InChI=1S/C28H32N2O5/c1-4-18-7-6-8-19(5-2)25(18)29-24(31)16-35-28(34)20-10-12-21(13-11-20)30-26(32)22-14-9-17(3)15-23(22)27(30)33/h6-8,10-13,17,22-23H,4-5,9,14-16H2,1-3H3,(H,29,31)/t17-,22-,23-/m1/s1. The number of hydrogen-bond acceptors (Lipinski definition) is 5. The van der Waals surface area contributed by atoms with Gasteiger partial charge in [-0.05, 0) is 73.4 Å². The van der Waals surface area contributed by atoms with E-state index < -0.39 is 18.5 Å². The van der Waals surface area contributed by atoms with Crippen molar-refractivity contribution in [2.24, 2.45) is 17.8 Å². The van der Waals surface area contributed by atoms with Gasteiger partial charge in [0.1, 0.15) is 0 Å². The summed E-state index contributed by atoms with van der Waals surface area (Å²) in [5.74, 6) is -1.42. The van der Waals surface area contributed by atoms with Gasteiger partial charge in [0.05, 0.1) is 23.1 Å². The van der Waals surface area contributed by atoms with E-state index >= 15 is 0 Å². The number of ether oxygens (including phenoxy) is 1. The lowest BCUT2D eigenvalue weighted by atomic mass is 9.76. The Morgan fingerprint density at radius 1 is 0.943 bits per heavy atom. The molecule has 2 aromatic carbocycles. The van der Waals surface area contributed by atoms with Crippen LogP contribution >= 0.6 is 0 Å². The molecule has 7 heteroatoms. The second-order valence-electron chi connectivity index (χ2n) is 9.47. The minimum Gasteiger partial charge on any atom is -0.452 e. The molecule has 35 heavy (non-hydrogen) atoms. The molecular formula is C28H32N2O5. The maximum Gasteiger partial charge on any atom is 0.338 e. The Morgan fingerprint density at radius 2 is 1.57 bits per heavy atom. The zero-order valence-electron chi connectivity index (χ0n) is 20.5. The van der Waals surface area contributed by atoms with Gasteiger partial charge < -0.3 is 10.1 Å². The van der Waals surface area contributed by atoms with E-state index in [1.165, 1.54) is 17.0 Å². The number of nitrogens with one attached hydrogen (secondary N) is 1. The van der Waals surface area contributed by atoms with E-state index in [2.05, 4.69) is 12.2 Å². The number of anilines is 2. The number of fused-ring (bicyclic) bond motifs is 1. The number of hydrogen-bond donors (Lipinski definition) is 1. The average molecular weight is 477 g/mol. The molecule has 0 spiro atoms. The molecule has 1 aliphatic carbocycles. The summed E-state index contributed by atoms with van der Waals surface area (Å²) in [6.07, 6.45) is 3.98. The SMILES string of the molecule is CCc1cccc(CC)c1NC(=O)COC(=O)c1ccc(N2C(=O)[C@@H]3CC[C@@H](C)C[C@H]3C2=O)cc1. The summed E-state index contributed by atoms with van der Waals surface area (Å²) >= 11 is 0. The van der Waals surface area contributed by atoms with Crippen molar-refractivity contribution in [1.29, 1.82) is 0 Å². The van der Waals surface area contributed by atoms with Gasteiger partial charge in [0.2, 0.25) is 11.8 Å². The number of carbonyl (C=O) groups is 4. The second kappa shape index (κ2) is 10.4. The number of carbonyl (C=O) groups excluding carboxylic acids is 4. The zero-order valence-corrected chi connectivity index (χ0v) is 20.5. The number of esters is 1. The predicted molar refractivity (Wildman–Crippen MR) is 133 cm³/mol. The summed E-state index contributed by atoms with van der Waals surface area (Å²) in [7, 11) is 0. The maximum atomic E-state index is 12.9. The van der Waals surface area contributed by atoms with Crippen LogP contribution in [0.25, 0.3) is 0 Å². The van der Waals surface area contributed by atoms with Crippen LogP contribution in [0.3, 0.4) is 0 Å². The van der Waals surface area contributed by atoms with E-state index in [0.29, 0.717) is 11.6 Å². The molecule has 2 aliphatic rings. The molecule has 3 atom stereocenters. The lowest BCUT2D eigenvalue weighted by molar-refractivity contribution is -0.122. The Kier molecular flexibility index (Phi) is 7.34.